The highest BCUT2D eigenvalue weighted by Gasteiger charge is 2.06. The van der Waals surface area contributed by atoms with Crippen LogP contribution in [0.5, 0.6) is 0 Å². The van der Waals surface area contributed by atoms with E-state index in [2.05, 4.69) is 25.6 Å². The van der Waals surface area contributed by atoms with Gasteiger partial charge in [0.1, 0.15) is 6.61 Å². The maximum atomic E-state index is 10.4. The third-order valence-corrected chi connectivity index (χ3v) is 2.34. The maximum absolute atomic E-state index is 10.4. The normalized spacial score (nSPS) is 10.3. The minimum absolute atomic E-state index is 0.211. The molecule has 0 aliphatic heterocycles. The fraction of sp³-hybridized carbons (Fsp3) is 0.273. The standard InChI is InChI=1S/C11H14N6O2/c12-11(18)19-7-6-13-8-10-14-15-16-17(10)9-4-2-1-3-5-9/h1-5,13H,6-8H2,(H2,12,18). The number of carbonyl (C=O) groups is 1. The summed E-state index contributed by atoms with van der Waals surface area (Å²) in [4.78, 5) is 10.4. The van der Waals surface area contributed by atoms with Crippen LogP contribution in [0.4, 0.5) is 4.79 Å². The highest BCUT2D eigenvalue weighted by atomic mass is 16.5. The molecule has 0 saturated carbocycles. The molecule has 1 amide bonds. The number of benzene rings is 1. The number of aromatic nitrogens is 4. The monoisotopic (exact) mass is 262 g/mol. The number of hydrogen-bond donors (Lipinski definition) is 2. The summed E-state index contributed by atoms with van der Waals surface area (Å²) in [5.74, 6) is 0.672. The molecule has 0 aliphatic carbocycles. The molecule has 19 heavy (non-hydrogen) atoms. The second-order valence-electron chi connectivity index (χ2n) is 3.69. The number of ether oxygens (including phenoxy) is 1. The number of nitrogens with zero attached hydrogens (tertiary/aromatic N) is 4. The summed E-state index contributed by atoms with van der Waals surface area (Å²) in [5.41, 5.74) is 5.73. The van der Waals surface area contributed by atoms with Gasteiger partial charge in [-0.2, -0.15) is 4.68 Å². The van der Waals surface area contributed by atoms with E-state index >= 15 is 0 Å². The van der Waals surface area contributed by atoms with Crippen molar-refractivity contribution in [3.05, 3.63) is 36.2 Å². The molecule has 0 spiro atoms. The summed E-state index contributed by atoms with van der Waals surface area (Å²) in [7, 11) is 0. The van der Waals surface area contributed by atoms with E-state index in [1.165, 1.54) is 0 Å². The van der Waals surface area contributed by atoms with Gasteiger partial charge in [0.05, 0.1) is 12.2 Å². The number of nitrogens with one attached hydrogen (secondary N) is 1. The Labute approximate surface area is 109 Å². The molecule has 0 aliphatic rings. The summed E-state index contributed by atoms with van der Waals surface area (Å²) >= 11 is 0. The van der Waals surface area contributed by atoms with E-state index in [1.807, 2.05) is 30.3 Å². The van der Waals surface area contributed by atoms with Crippen LogP contribution in [0.1, 0.15) is 5.82 Å². The molecule has 1 aromatic carbocycles. The van der Waals surface area contributed by atoms with Crippen LogP contribution in [0, 0.1) is 0 Å². The molecular weight excluding hydrogens is 248 g/mol. The van der Waals surface area contributed by atoms with Crippen molar-refractivity contribution in [3.8, 4) is 5.69 Å². The molecule has 2 rings (SSSR count). The average molecular weight is 262 g/mol. The Hall–Kier alpha value is -2.48. The Balaban J connectivity index is 1.88. The first-order valence-corrected chi connectivity index (χ1v) is 5.73. The molecule has 2 aromatic rings. The van der Waals surface area contributed by atoms with Gasteiger partial charge in [0.2, 0.25) is 0 Å². The predicted octanol–water partition coefficient (Wildman–Crippen LogP) is -0.153. The van der Waals surface area contributed by atoms with E-state index in [-0.39, 0.29) is 6.61 Å². The molecule has 1 aromatic heterocycles. The lowest BCUT2D eigenvalue weighted by molar-refractivity contribution is 0.157. The molecule has 8 nitrogen and oxygen atoms in total. The number of carbonyl (C=O) groups excluding carboxylic acids is 1. The van der Waals surface area contributed by atoms with E-state index < -0.39 is 6.09 Å². The topological polar surface area (TPSA) is 108 Å². The fourth-order valence-corrected chi connectivity index (χ4v) is 1.51. The van der Waals surface area contributed by atoms with Crippen LogP contribution in [0.2, 0.25) is 0 Å². The van der Waals surface area contributed by atoms with Crippen molar-refractivity contribution in [2.24, 2.45) is 5.73 Å². The van der Waals surface area contributed by atoms with Gasteiger partial charge in [0, 0.05) is 6.54 Å². The van der Waals surface area contributed by atoms with Crippen LogP contribution in [-0.2, 0) is 11.3 Å². The molecule has 0 unspecified atom stereocenters. The average Bonchev–Trinajstić information content (AvgIpc) is 2.87. The van der Waals surface area contributed by atoms with Gasteiger partial charge in [-0.1, -0.05) is 18.2 Å². The summed E-state index contributed by atoms with van der Waals surface area (Å²) in [5, 5.41) is 14.6. The quantitative estimate of drug-likeness (QED) is 0.701. The summed E-state index contributed by atoms with van der Waals surface area (Å²) in [6, 6.07) is 9.57. The smallest absolute Gasteiger partial charge is 0.404 e. The molecule has 1 heterocycles. The molecule has 0 saturated heterocycles. The van der Waals surface area contributed by atoms with Gasteiger partial charge in [-0.25, -0.2) is 4.79 Å². The highest BCUT2D eigenvalue weighted by molar-refractivity contribution is 5.64. The van der Waals surface area contributed by atoms with Crippen LogP contribution in [0.3, 0.4) is 0 Å². The summed E-state index contributed by atoms with van der Waals surface area (Å²) < 4.78 is 6.23. The third kappa shape index (κ3) is 3.75. The van der Waals surface area contributed by atoms with Crippen molar-refractivity contribution in [1.29, 1.82) is 0 Å². The predicted molar refractivity (Wildman–Crippen MR) is 66.4 cm³/mol. The van der Waals surface area contributed by atoms with Crippen molar-refractivity contribution in [2.75, 3.05) is 13.2 Å². The van der Waals surface area contributed by atoms with E-state index in [9.17, 15) is 4.79 Å². The zero-order valence-corrected chi connectivity index (χ0v) is 10.2. The molecule has 8 heteroatoms. The summed E-state index contributed by atoms with van der Waals surface area (Å²) in [6.07, 6.45) is -0.782. The van der Waals surface area contributed by atoms with Gasteiger partial charge in [-0.05, 0) is 22.6 Å². The van der Waals surface area contributed by atoms with Crippen molar-refractivity contribution in [2.45, 2.75) is 6.54 Å². The second-order valence-corrected chi connectivity index (χ2v) is 3.69. The molecule has 0 atom stereocenters. The number of amides is 1. The Morgan fingerprint density at radius 2 is 2.16 bits per heavy atom. The van der Waals surface area contributed by atoms with Crippen molar-refractivity contribution in [3.63, 3.8) is 0 Å². The lowest BCUT2D eigenvalue weighted by Gasteiger charge is -2.06. The zero-order chi connectivity index (χ0) is 13.5. The Kier molecular flexibility index (Phi) is 4.40. The van der Waals surface area contributed by atoms with Gasteiger partial charge in [0.15, 0.2) is 5.82 Å². The molecule has 0 radical (unpaired) electrons. The number of primary amides is 1. The Morgan fingerprint density at radius 3 is 2.89 bits per heavy atom. The first-order chi connectivity index (χ1) is 9.27. The first-order valence-electron chi connectivity index (χ1n) is 5.73. The van der Waals surface area contributed by atoms with Crippen LogP contribution in [0.15, 0.2) is 30.3 Å². The third-order valence-electron chi connectivity index (χ3n) is 2.34. The molecule has 0 bridgehead atoms. The SMILES string of the molecule is NC(=O)OCCNCc1nnnn1-c1ccccc1. The molecular formula is C11H14N6O2. The van der Waals surface area contributed by atoms with Crippen molar-refractivity contribution >= 4 is 6.09 Å². The minimum Gasteiger partial charge on any atom is -0.448 e. The van der Waals surface area contributed by atoms with E-state index in [0.717, 1.165) is 5.69 Å². The van der Waals surface area contributed by atoms with Gasteiger partial charge < -0.3 is 15.8 Å². The van der Waals surface area contributed by atoms with E-state index in [1.54, 1.807) is 4.68 Å². The number of tetrazole rings is 1. The van der Waals surface area contributed by atoms with Crippen LogP contribution >= 0.6 is 0 Å². The molecule has 100 valence electrons. The number of para-hydroxylation sites is 1. The fourth-order valence-electron chi connectivity index (χ4n) is 1.51. The minimum atomic E-state index is -0.782. The van der Waals surface area contributed by atoms with Crippen LogP contribution in [-0.4, -0.2) is 39.5 Å². The molecule has 3 N–H and O–H groups in total. The lowest BCUT2D eigenvalue weighted by Crippen LogP contribution is -2.24. The van der Waals surface area contributed by atoms with E-state index in [0.29, 0.717) is 18.9 Å². The number of hydrogen-bond acceptors (Lipinski definition) is 6. The van der Waals surface area contributed by atoms with Gasteiger partial charge in [-0.15, -0.1) is 5.10 Å². The highest BCUT2D eigenvalue weighted by Crippen LogP contribution is 2.06. The second kappa shape index (κ2) is 6.45. The lowest BCUT2D eigenvalue weighted by atomic mass is 10.3. The van der Waals surface area contributed by atoms with E-state index in [4.69, 9.17) is 5.73 Å². The van der Waals surface area contributed by atoms with Crippen LogP contribution < -0.4 is 11.1 Å². The van der Waals surface area contributed by atoms with Gasteiger partial charge in [0.25, 0.3) is 0 Å². The zero-order valence-electron chi connectivity index (χ0n) is 10.2. The number of rotatable bonds is 6. The Bertz CT molecular complexity index is 527. The van der Waals surface area contributed by atoms with Crippen LogP contribution in [0.25, 0.3) is 5.69 Å². The molecule has 0 fully saturated rings. The van der Waals surface area contributed by atoms with Crippen molar-refractivity contribution < 1.29 is 9.53 Å². The first kappa shape index (κ1) is 13.0. The van der Waals surface area contributed by atoms with Gasteiger partial charge in [-0.3, -0.25) is 0 Å². The van der Waals surface area contributed by atoms with Crippen molar-refractivity contribution in [1.82, 2.24) is 25.5 Å². The maximum Gasteiger partial charge on any atom is 0.404 e. The number of nitrogens with two attached hydrogens (primary N) is 1. The Morgan fingerprint density at radius 1 is 1.37 bits per heavy atom. The summed E-state index contributed by atoms with van der Waals surface area (Å²) in [6.45, 7) is 1.15. The van der Waals surface area contributed by atoms with Gasteiger partial charge >= 0.3 is 6.09 Å². The largest absolute Gasteiger partial charge is 0.448 e.